The Morgan fingerprint density at radius 1 is 1.24 bits per heavy atom. The van der Waals surface area contributed by atoms with Crippen molar-refractivity contribution in [2.75, 3.05) is 32.0 Å². The van der Waals surface area contributed by atoms with Gasteiger partial charge in [-0.1, -0.05) is 43.1 Å². The van der Waals surface area contributed by atoms with Crippen molar-refractivity contribution < 1.29 is 13.2 Å². The van der Waals surface area contributed by atoms with Crippen molar-refractivity contribution in [3.05, 3.63) is 64.2 Å². The number of nitrogens with zero attached hydrogens (tertiary/aromatic N) is 2. The molecule has 34 heavy (non-hydrogen) atoms. The number of hydrogen-bond acceptors (Lipinski definition) is 5. The smallest absolute Gasteiger partial charge is 0.211 e. The number of nitrogens with one attached hydrogen (secondary N) is 1. The van der Waals surface area contributed by atoms with Crippen molar-refractivity contribution in [2.24, 2.45) is 0 Å². The van der Waals surface area contributed by atoms with E-state index in [1.807, 2.05) is 25.1 Å². The maximum absolute atomic E-state index is 11.9. The monoisotopic (exact) mass is 501 g/mol. The fourth-order valence-electron chi connectivity index (χ4n) is 5.41. The largest absolute Gasteiger partial charge is 0.492 e. The summed E-state index contributed by atoms with van der Waals surface area (Å²) in [4.78, 5) is 2.30. The first-order valence-electron chi connectivity index (χ1n) is 12.0. The van der Waals surface area contributed by atoms with E-state index < -0.39 is 10.0 Å². The molecule has 8 heteroatoms. The van der Waals surface area contributed by atoms with Crippen LogP contribution in [0.3, 0.4) is 0 Å². The Morgan fingerprint density at radius 2 is 2.00 bits per heavy atom. The maximum Gasteiger partial charge on any atom is 0.211 e. The van der Waals surface area contributed by atoms with Crippen LogP contribution in [0.15, 0.2) is 42.5 Å². The molecule has 0 aromatic heterocycles. The molecule has 6 nitrogen and oxygen atoms in total. The Balaban J connectivity index is 1.60. The van der Waals surface area contributed by atoms with E-state index in [2.05, 4.69) is 40.0 Å². The number of hydrogen-bond donors (Lipinski definition) is 1. The average molecular weight is 502 g/mol. The second kappa shape index (κ2) is 10.7. The van der Waals surface area contributed by atoms with Crippen molar-refractivity contribution in [3.63, 3.8) is 0 Å². The first kappa shape index (κ1) is 25.0. The van der Waals surface area contributed by atoms with Crippen LogP contribution in [0.25, 0.3) is 0 Å². The van der Waals surface area contributed by atoms with E-state index >= 15 is 0 Å². The summed E-state index contributed by atoms with van der Waals surface area (Å²) < 4.78 is 32.3. The molecule has 0 spiro atoms. The third-order valence-corrected chi connectivity index (χ3v) is 8.91. The van der Waals surface area contributed by atoms with Gasteiger partial charge >= 0.3 is 0 Å². The fraction of sp³-hybridized carbons (Fsp3) is 0.500. The van der Waals surface area contributed by atoms with Crippen LogP contribution in [-0.4, -0.2) is 45.3 Å². The summed E-state index contributed by atoms with van der Waals surface area (Å²) >= 11 is 6.18. The highest BCUT2D eigenvalue weighted by Gasteiger charge is 2.50. The van der Waals surface area contributed by atoms with E-state index in [-0.39, 0.29) is 30.4 Å². The lowest BCUT2D eigenvalue weighted by molar-refractivity contribution is 0.0619. The fourth-order valence-corrected chi connectivity index (χ4v) is 6.61. The summed E-state index contributed by atoms with van der Waals surface area (Å²) in [5, 5.41) is 10.3. The SMILES string of the molecule is CCCS(=O)(=O)NCCOc1ccc2c(c1)C(C1(c3ccc(Cl)cc3)CCC1)N(CC#N)CC2. The van der Waals surface area contributed by atoms with Crippen LogP contribution in [-0.2, 0) is 21.9 Å². The van der Waals surface area contributed by atoms with Gasteiger partial charge in [0, 0.05) is 29.6 Å². The summed E-state index contributed by atoms with van der Waals surface area (Å²) in [5.74, 6) is 0.845. The van der Waals surface area contributed by atoms with E-state index in [9.17, 15) is 13.7 Å². The Bertz CT molecular complexity index is 1140. The number of nitriles is 1. The van der Waals surface area contributed by atoms with Crippen LogP contribution in [0.1, 0.15) is 55.3 Å². The lowest BCUT2D eigenvalue weighted by atomic mass is 9.57. The molecule has 0 saturated heterocycles. The minimum Gasteiger partial charge on any atom is -0.492 e. The number of benzene rings is 2. The molecule has 1 aliphatic carbocycles. The predicted octanol–water partition coefficient (Wildman–Crippen LogP) is 4.59. The first-order chi connectivity index (χ1) is 16.4. The molecule has 2 aliphatic rings. The van der Waals surface area contributed by atoms with Crippen molar-refractivity contribution in [1.82, 2.24) is 9.62 Å². The van der Waals surface area contributed by atoms with Crippen LogP contribution < -0.4 is 9.46 Å². The molecule has 2 aromatic carbocycles. The molecule has 1 atom stereocenters. The van der Waals surface area contributed by atoms with E-state index in [0.717, 1.165) is 43.0 Å². The van der Waals surface area contributed by atoms with Crippen LogP contribution in [0.5, 0.6) is 5.75 Å². The third kappa shape index (κ3) is 5.26. The molecule has 1 saturated carbocycles. The Kier molecular flexibility index (Phi) is 7.83. The third-order valence-electron chi connectivity index (χ3n) is 7.07. The highest BCUT2D eigenvalue weighted by molar-refractivity contribution is 7.89. The second-order valence-electron chi connectivity index (χ2n) is 9.22. The second-order valence-corrected chi connectivity index (χ2v) is 11.6. The number of fused-ring (bicyclic) bond motifs is 1. The summed E-state index contributed by atoms with van der Waals surface area (Å²) in [6.45, 7) is 3.56. The van der Waals surface area contributed by atoms with Gasteiger partial charge < -0.3 is 4.74 Å². The predicted molar refractivity (Wildman–Crippen MR) is 135 cm³/mol. The lowest BCUT2D eigenvalue weighted by Crippen LogP contribution is -2.51. The summed E-state index contributed by atoms with van der Waals surface area (Å²) in [5.41, 5.74) is 3.70. The molecule has 2 aromatic rings. The van der Waals surface area contributed by atoms with Gasteiger partial charge in [0.1, 0.15) is 12.4 Å². The van der Waals surface area contributed by atoms with Gasteiger partial charge in [-0.25, -0.2) is 13.1 Å². The molecular weight excluding hydrogens is 470 g/mol. The van der Waals surface area contributed by atoms with Gasteiger partial charge in [-0.2, -0.15) is 5.26 Å². The lowest BCUT2D eigenvalue weighted by Gasteiger charge is -2.54. The molecule has 4 rings (SSSR count). The number of halogens is 1. The highest BCUT2D eigenvalue weighted by atomic mass is 35.5. The summed E-state index contributed by atoms with van der Waals surface area (Å²) in [6.07, 6.45) is 4.75. The normalized spacial score (nSPS) is 19.6. The van der Waals surface area contributed by atoms with Gasteiger partial charge in [0.25, 0.3) is 0 Å². The Labute approximate surface area is 207 Å². The standard InChI is InChI=1S/C26H32ClN3O3S/c1-2-18-34(31,32)29-14-17-33-23-9-4-20-10-15-30(16-13-28)25(24(20)19-23)26(11-3-12-26)21-5-7-22(27)8-6-21/h4-9,19,25,29H,2-3,10-12,14-18H2,1H3. The van der Waals surface area contributed by atoms with Gasteiger partial charge in [-0.15, -0.1) is 0 Å². The van der Waals surface area contributed by atoms with Gasteiger partial charge in [0.05, 0.1) is 18.4 Å². The van der Waals surface area contributed by atoms with Crippen molar-refractivity contribution in [2.45, 2.75) is 50.5 Å². The molecule has 0 bridgehead atoms. The molecule has 1 aliphatic heterocycles. The molecule has 1 heterocycles. The molecule has 0 amide bonds. The van der Waals surface area contributed by atoms with E-state index in [4.69, 9.17) is 16.3 Å². The van der Waals surface area contributed by atoms with E-state index in [0.29, 0.717) is 13.0 Å². The zero-order valence-corrected chi connectivity index (χ0v) is 21.2. The number of sulfonamides is 1. The topological polar surface area (TPSA) is 82.4 Å². The van der Waals surface area contributed by atoms with Gasteiger partial charge in [0.2, 0.25) is 10.0 Å². The minimum absolute atomic E-state index is 0.0645. The quantitative estimate of drug-likeness (QED) is 0.380. The molecular formula is C26H32ClN3O3S. The molecule has 1 unspecified atom stereocenters. The summed E-state index contributed by atoms with van der Waals surface area (Å²) in [7, 11) is -3.25. The van der Waals surface area contributed by atoms with E-state index in [1.54, 1.807) is 0 Å². The van der Waals surface area contributed by atoms with Crippen LogP contribution in [0.2, 0.25) is 5.02 Å². The number of ether oxygens (including phenoxy) is 1. The van der Waals surface area contributed by atoms with Crippen molar-refractivity contribution in [1.29, 1.82) is 5.26 Å². The molecule has 0 radical (unpaired) electrons. The minimum atomic E-state index is -3.25. The molecule has 182 valence electrons. The van der Waals surface area contributed by atoms with Crippen LogP contribution in [0, 0.1) is 11.3 Å². The van der Waals surface area contributed by atoms with Crippen LogP contribution >= 0.6 is 11.6 Å². The Morgan fingerprint density at radius 3 is 2.65 bits per heavy atom. The zero-order chi connectivity index (χ0) is 24.2. The maximum atomic E-state index is 11.9. The Hall–Kier alpha value is -2.11. The van der Waals surface area contributed by atoms with E-state index in [1.165, 1.54) is 16.7 Å². The zero-order valence-electron chi connectivity index (χ0n) is 19.6. The van der Waals surface area contributed by atoms with Gasteiger partial charge in [0.15, 0.2) is 0 Å². The average Bonchev–Trinajstić information content (AvgIpc) is 2.78. The van der Waals surface area contributed by atoms with Crippen molar-refractivity contribution in [3.8, 4) is 11.8 Å². The highest BCUT2D eigenvalue weighted by Crippen LogP contribution is 2.56. The molecule has 1 N–H and O–H groups in total. The van der Waals surface area contributed by atoms with Gasteiger partial charge in [-0.3, -0.25) is 4.90 Å². The first-order valence-corrected chi connectivity index (χ1v) is 14.0. The van der Waals surface area contributed by atoms with Crippen LogP contribution in [0.4, 0.5) is 0 Å². The molecule has 1 fully saturated rings. The summed E-state index contributed by atoms with van der Waals surface area (Å²) in [6, 6.07) is 16.8. The van der Waals surface area contributed by atoms with Crippen molar-refractivity contribution >= 4 is 21.6 Å². The number of rotatable bonds is 10. The van der Waals surface area contributed by atoms with Gasteiger partial charge in [-0.05, 0) is 66.6 Å².